The van der Waals surface area contributed by atoms with Crippen LogP contribution in [0.1, 0.15) is 22.6 Å². The van der Waals surface area contributed by atoms with Crippen LogP contribution in [0.3, 0.4) is 0 Å². The number of rotatable bonds is 6. The number of nitrogens with zero attached hydrogens (tertiary/aromatic N) is 2. The van der Waals surface area contributed by atoms with Crippen LogP contribution in [-0.4, -0.2) is 39.6 Å². The Morgan fingerprint density at radius 2 is 1.76 bits per heavy atom. The first kappa shape index (κ1) is 18.7. The summed E-state index contributed by atoms with van der Waals surface area (Å²) in [7, 11) is 1.75. The molecule has 29 heavy (non-hydrogen) atoms. The van der Waals surface area contributed by atoms with Gasteiger partial charge in [-0.15, -0.1) is 0 Å². The topological polar surface area (TPSA) is 93.5 Å². The number of carbonyl (C=O) groups excluding carboxylic acids is 1. The monoisotopic (exact) mass is 391 g/mol. The maximum absolute atomic E-state index is 12.3. The lowest BCUT2D eigenvalue weighted by atomic mass is 9.98. The number of benzene rings is 2. The van der Waals surface area contributed by atoms with Crippen molar-refractivity contribution in [3.63, 3.8) is 0 Å². The van der Waals surface area contributed by atoms with Crippen LogP contribution in [0.2, 0.25) is 0 Å². The lowest BCUT2D eigenvalue weighted by Crippen LogP contribution is -2.42. The zero-order valence-corrected chi connectivity index (χ0v) is 15.9. The highest BCUT2D eigenvalue weighted by Crippen LogP contribution is 2.44. The van der Waals surface area contributed by atoms with Gasteiger partial charge in [0.25, 0.3) is 0 Å². The Labute approximate surface area is 167 Å². The third-order valence-electron chi connectivity index (χ3n) is 5.13. The fourth-order valence-corrected chi connectivity index (χ4v) is 3.80. The van der Waals surface area contributed by atoms with Gasteiger partial charge in [-0.1, -0.05) is 48.5 Å². The summed E-state index contributed by atoms with van der Waals surface area (Å²) in [5, 5.41) is 15.9. The molecule has 148 valence electrons. The maximum Gasteiger partial charge on any atom is 0.407 e. The van der Waals surface area contributed by atoms with E-state index in [1.165, 1.54) is 0 Å². The second kappa shape index (κ2) is 7.79. The predicted octanol–water partition coefficient (Wildman–Crippen LogP) is 2.95. The van der Waals surface area contributed by atoms with Crippen LogP contribution >= 0.6 is 0 Å². The number of ether oxygens (including phenoxy) is 1. The van der Waals surface area contributed by atoms with Crippen molar-refractivity contribution in [1.82, 2.24) is 15.1 Å². The highest BCUT2D eigenvalue weighted by molar-refractivity contribution is 5.81. The number of aliphatic carboxylic acids is 1. The molecule has 0 saturated heterocycles. The minimum absolute atomic E-state index is 0.0743. The maximum atomic E-state index is 12.3. The Morgan fingerprint density at radius 1 is 1.14 bits per heavy atom. The van der Waals surface area contributed by atoms with E-state index in [2.05, 4.69) is 22.5 Å². The van der Waals surface area contributed by atoms with Crippen molar-refractivity contribution in [2.75, 3.05) is 6.61 Å². The first-order chi connectivity index (χ1) is 14.0. The van der Waals surface area contributed by atoms with Crippen molar-refractivity contribution in [3.8, 4) is 11.1 Å². The molecule has 2 aromatic carbocycles. The molecule has 1 atom stereocenters. The third-order valence-corrected chi connectivity index (χ3v) is 5.13. The van der Waals surface area contributed by atoms with Gasteiger partial charge >= 0.3 is 12.1 Å². The van der Waals surface area contributed by atoms with Crippen molar-refractivity contribution < 1.29 is 19.4 Å². The highest BCUT2D eigenvalue weighted by Gasteiger charge is 2.29. The molecule has 0 spiro atoms. The molecule has 0 saturated carbocycles. The second-order valence-corrected chi connectivity index (χ2v) is 7.09. The molecule has 1 unspecified atom stereocenters. The molecule has 1 amide bonds. The summed E-state index contributed by atoms with van der Waals surface area (Å²) in [6.45, 7) is 0.138. The summed E-state index contributed by atoms with van der Waals surface area (Å²) in [5.74, 6) is -1.20. The van der Waals surface area contributed by atoms with Gasteiger partial charge in [0.2, 0.25) is 0 Å². The molecule has 0 bridgehead atoms. The van der Waals surface area contributed by atoms with Crippen LogP contribution in [0.5, 0.6) is 0 Å². The minimum atomic E-state index is -1.12. The van der Waals surface area contributed by atoms with Crippen LogP contribution in [0, 0.1) is 0 Å². The van der Waals surface area contributed by atoms with Gasteiger partial charge in [0.15, 0.2) is 0 Å². The van der Waals surface area contributed by atoms with E-state index in [0.717, 1.165) is 27.8 Å². The minimum Gasteiger partial charge on any atom is -0.480 e. The van der Waals surface area contributed by atoms with Crippen LogP contribution in [0.25, 0.3) is 11.1 Å². The Hall–Kier alpha value is -3.61. The van der Waals surface area contributed by atoms with E-state index in [1.807, 2.05) is 36.4 Å². The van der Waals surface area contributed by atoms with E-state index >= 15 is 0 Å². The average Bonchev–Trinajstić information content (AvgIpc) is 3.27. The van der Waals surface area contributed by atoms with Crippen LogP contribution in [0.4, 0.5) is 4.79 Å². The number of aromatic nitrogens is 2. The predicted molar refractivity (Wildman–Crippen MR) is 107 cm³/mol. The second-order valence-electron chi connectivity index (χ2n) is 7.09. The largest absolute Gasteiger partial charge is 0.480 e. The Kier molecular flexibility index (Phi) is 5.03. The molecule has 2 N–H and O–H groups in total. The van der Waals surface area contributed by atoms with Gasteiger partial charge in [0, 0.05) is 25.6 Å². The molecular formula is C22H21N3O4. The number of hydrogen-bond acceptors (Lipinski definition) is 4. The number of aryl methyl sites for hydroxylation is 1. The van der Waals surface area contributed by atoms with E-state index < -0.39 is 18.1 Å². The van der Waals surface area contributed by atoms with Crippen molar-refractivity contribution in [2.24, 2.45) is 7.05 Å². The van der Waals surface area contributed by atoms with Gasteiger partial charge in [0.05, 0.1) is 6.20 Å². The molecule has 1 aromatic heterocycles. The zero-order chi connectivity index (χ0) is 20.4. The third kappa shape index (κ3) is 3.85. The van der Waals surface area contributed by atoms with Crippen LogP contribution < -0.4 is 5.32 Å². The van der Waals surface area contributed by atoms with Gasteiger partial charge in [-0.2, -0.15) is 5.10 Å². The molecule has 1 heterocycles. The summed E-state index contributed by atoms with van der Waals surface area (Å²) in [6, 6.07) is 15.0. The van der Waals surface area contributed by atoms with E-state index in [1.54, 1.807) is 24.1 Å². The van der Waals surface area contributed by atoms with E-state index in [0.29, 0.717) is 0 Å². The molecular weight excluding hydrogens is 370 g/mol. The van der Waals surface area contributed by atoms with E-state index in [9.17, 15) is 14.7 Å². The number of carboxylic acids is 1. The summed E-state index contributed by atoms with van der Waals surface area (Å²) in [4.78, 5) is 23.9. The Balaban J connectivity index is 1.43. The number of carboxylic acid groups (broad SMARTS) is 1. The van der Waals surface area contributed by atoms with Crippen LogP contribution in [0.15, 0.2) is 60.9 Å². The summed E-state index contributed by atoms with van der Waals surface area (Å²) in [5.41, 5.74) is 5.20. The number of amides is 1. The standard InChI is InChI=1S/C22H21N3O4/c1-25-12-14(11-23-25)10-20(21(26)27)24-22(28)29-13-19-17-8-4-2-6-15(17)16-7-3-5-9-18(16)19/h2-9,11-12,19-20H,10,13H2,1H3,(H,24,28)(H,26,27). The molecule has 1 aliphatic carbocycles. The first-order valence-electron chi connectivity index (χ1n) is 9.35. The van der Waals surface area contributed by atoms with Crippen molar-refractivity contribution in [2.45, 2.75) is 18.4 Å². The normalized spacial score (nSPS) is 13.4. The number of fused-ring (bicyclic) bond motifs is 3. The molecule has 1 aliphatic rings. The van der Waals surface area contributed by atoms with Crippen molar-refractivity contribution in [3.05, 3.63) is 77.6 Å². The summed E-state index contributed by atoms with van der Waals surface area (Å²) in [6.07, 6.45) is 2.68. The van der Waals surface area contributed by atoms with Gasteiger partial charge in [-0.05, 0) is 27.8 Å². The summed E-state index contributed by atoms with van der Waals surface area (Å²) >= 11 is 0. The molecule has 0 aliphatic heterocycles. The molecule has 3 aromatic rings. The van der Waals surface area contributed by atoms with Crippen LogP contribution in [-0.2, 0) is 23.0 Å². The fourth-order valence-electron chi connectivity index (χ4n) is 3.80. The molecule has 0 radical (unpaired) electrons. The molecule has 0 fully saturated rings. The van der Waals surface area contributed by atoms with Crippen molar-refractivity contribution >= 4 is 12.1 Å². The number of carbonyl (C=O) groups is 2. The number of hydrogen-bond donors (Lipinski definition) is 2. The van der Waals surface area contributed by atoms with Gasteiger partial charge in [-0.25, -0.2) is 9.59 Å². The van der Waals surface area contributed by atoms with E-state index in [-0.39, 0.29) is 18.9 Å². The van der Waals surface area contributed by atoms with E-state index in [4.69, 9.17) is 4.74 Å². The fraction of sp³-hybridized carbons (Fsp3) is 0.227. The lowest BCUT2D eigenvalue weighted by molar-refractivity contribution is -0.139. The van der Waals surface area contributed by atoms with Gasteiger partial charge < -0.3 is 15.2 Å². The number of nitrogens with one attached hydrogen (secondary N) is 1. The number of alkyl carbamates (subject to hydrolysis) is 1. The van der Waals surface area contributed by atoms with Gasteiger partial charge in [-0.3, -0.25) is 4.68 Å². The summed E-state index contributed by atoms with van der Waals surface area (Å²) < 4.78 is 7.01. The molecule has 7 nitrogen and oxygen atoms in total. The average molecular weight is 391 g/mol. The first-order valence-corrected chi connectivity index (χ1v) is 9.35. The SMILES string of the molecule is Cn1cc(CC(NC(=O)OCC2c3ccccc3-c3ccccc32)C(=O)O)cn1. The van der Waals surface area contributed by atoms with Crippen molar-refractivity contribution in [1.29, 1.82) is 0 Å². The Bertz CT molecular complexity index is 1010. The lowest BCUT2D eigenvalue weighted by Gasteiger charge is -2.17. The Morgan fingerprint density at radius 3 is 2.31 bits per heavy atom. The molecule has 7 heteroatoms. The molecule has 4 rings (SSSR count). The highest BCUT2D eigenvalue weighted by atomic mass is 16.5. The quantitative estimate of drug-likeness (QED) is 0.674. The van der Waals surface area contributed by atoms with Gasteiger partial charge in [0.1, 0.15) is 12.6 Å². The zero-order valence-electron chi connectivity index (χ0n) is 15.9. The smallest absolute Gasteiger partial charge is 0.407 e.